The summed E-state index contributed by atoms with van der Waals surface area (Å²) in [5.41, 5.74) is 7.79. The van der Waals surface area contributed by atoms with Gasteiger partial charge in [-0.05, 0) is 25.0 Å². The SMILES string of the molecule is NC(=O)c1ccc(-c2nc(CSc3nnc(NC4CCCCC4)s3)cs2)cc1. The van der Waals surface area contributed by atoms with Crippen LogP contribution in [0.3, 0.4) is 0 Å². The standard InChI is InChI=1S/C19H21N5OS3/c20-16(25)12-6-8-13(9-7-12)17-21-15(10-26-17)11-27-19-24-23-18(28-19)22-14-4-2-1-3-5-14/h6-10,14H,1-5,11H2,(H2,20,25)(H,22,23). The summed E-state index contributed by atoms with van der Waals surface area (Å²) in [6.07, 6.45) is 6.40. The lowest BCUT2D eigenvalue weighted by atomic mass is 9.96. The van der Waals surface area contributed by atoms with E-state index in [4.69, 9.17) is 10.7 Å². The van der Waals surface area contributed by atoms with Crippen molar-refractivity contribution in [2.75, 3.05) is 5.32 Å². The van der Waals surface area contributed by atoms with E-state index in [0.29, 0.717) is 11.6 Å². The van der Waals surface area contributed by atoms with Gasteiger partial charge in [0.25, 0.3) is 0 Å². The molecule has 2 heterocycles. The molecule has 4 rings (SSSR count). The molecule has 0 radical (unpaired) electrons. The van der Waals surface area contributed by atoms with Gasteiger partial charge < -0.3 is 11.1 Å². The van der Waals surface area contributed by atoms with E-state index in [-0.39, 0.29) is 0 Å². The number of carbonyl (C=O) groups excluding carboxylic acids is 1. The number of nitrogens with zero attached hydrogens (tertiary/aromatic N) is 3. The fourth-order valence-electron chi connectivity index (χ4n) is 3.17. The Morgan fingerprint density at radius 1 is 1.18 bits per heavy atom. The normalized spacial score (nSPS) is 14.9. The number of primary amides is 1. The Labute approximate surface area is 176 Å². The van der Waals surface area contributed by atoms with Crippen LogP contribution in [-0.2, 0) is 5.75 Å². The van der Waals surface area contributed by atoms with Crippen molar-refractivity contribution in [3.63, 3.8) is 0 Å². The summed E-state index contributed by atoms with van der Waals surface area (Å²) in [5, 5.41) is 16.0. The Kier molecular flexibility index (Phi) is 6.23. The Hall–Kier alpha value is -1.97. The van der Waals surface area contributed by atoms with Crippen LogP contribution in [0, 0.1) is 0 Å². The van der Waals surface area contributed by atoms with Crippen molar-refractivity contribution >= 4 is 45.5 Å². The fraction of sp³-hybridized carbons (Fsp3) is 0.368. The Morgan fingerprint density at radius 2 is 1.96 bits per heavy atom. The molecule has 3 N–H and O–H groups in total. The minimum Gasteiger partial charge on any atom is -0.366 e. The summed E-state index contributed by atoms with van der Waals surface area (Å²) in [6.45, 7) is 0. The summed E-state index contributed by atoms with van der Waals surface area (Å²) >= 11 is 4.87. The van der Waals surface area contributed by atoms with Crippen LogP contribution in [0.2, 0.25) is 0 Å². The molecule has 1 amide bonds. The van der Waals surface area contributed by atoms with Gasteiger partial charge in [-0.15, -0.1) is 21.5 Å². The van der Waals surface area contributed by atoms with Gasteiger partial charge in [0.2, 0.25) is 11.0 Å². The zero-order chi connectivity index (χ0) is 19.3. The number of nitrogens with one attached hydrogen (secondary N) is 1. The van der Waals surface area contributed by atoms with Crippen molar-refractivity contribution in [2.45, 2.75) is 48.2 Å². The molecule has 3 aromatic rings. The summed E-state index contributed by atoms with van der Waals surface area (Å²) in [4.78, 5) is 15.9. The number of amides is 1. The highest BCUT2D eigenvalue weighted by molar-refractivity contribution is 8.00. The van der Waals surface area contributed by atoms with Crippen molar-refractivity contribution in [2.24, 2.45) is 5.73 Å². The quantitative estimate of drug-likeness (QED) is 0.522. The van der Waals surface area contributed by atoms with E-state index >= 15 is 0 Å². The number of hydrogen-bond acceptors (Lipinski definition) is 8. The molecule has 1 aliphatic carbocycles. The third-order valence-electron chi connectivity index (χ3n) is 4.65. The van der Waals surface area contributed by atoms with Gasteiger partial charge in [-0.1, -0.05) is 54.5 Å². The molecule has 0 unspecified atom stereocenters. The van der Waals surface area contributed by atoms with Crippen LogP contribution in [0.4, 0.5) is 5.13 Å². The summed E-state index contributed by atoms with van der Waals surface area (Å²) in [7, 11) is 0. The highest BCUT2D eigenvalue weighted by Crippen LogP contribution is 2.32. The summed E-state index contributed by atoms with van der Waals surface area (Å²) in [5.74, 6) is 0.339. The smallest absolute Gasteiger partial charge is 0.248 e. The first kappa shape index (κ1) is 19.4. The van der Waals surface area contributed by atoms with Crippen LogP contribution in [0.15, 0.2) is 34.0 Å². The van der Waals surface area contributed by atoms with Crippen molar-refractivity contribution in [3.8, 4) is 10.6 Å². The highest BCUT2D eigenvalue weighted by atomic mass is 32.2. The maximum atomic E-state index is 11.2. The highest BCUT2D eigenvalue weighted by Gasteiger charge is 2.15. The Morgan fingerprint density at radius 3 is 2.71 bits per heavy atom. The first-order valence-corrected chi connectivity index (χ1v) is 11.9. The molecule has 0 saturated heterocycles. The van der Waals surface area contributed by atoms with Gasteiger partial charge in [0.1, 0.15) is 5.01 Å². The van der Waals surface area contributed by atoms with Crippen LogP contribution < -0.4 is 11.1 Å². The maximum absolute atomic E-state index is 11.2. The Balaban J connectivity index is 1.32. The van der Waals surface area contributed by atoms with Gasteiger partial charge in [-0.3, -0.25) is 4.79 Å². The first-order valence-electron chi connectivity index (χ1n) is 9.25. The number of aromatic nitrogens is 3. The molecule has 28 heavy (non-hydrogen) atoms. The molecule has 1 fully saturated rings. The average Bonchev–Trinajstić information content (AvgIpc) is 3.37. The third-order valence-corrected chi connectivity index (χ3v) is 7.61. The van der Waals surface area contributed by atoms with Gasteiger partial charge in [0, 0.05) is 28.3 Å². The minimum atomic E-state index is -0.419. The lowest BCUT2D eigenvalue weighted by Gasteiger charge is -2.21. The second kappa shape index (κ2) is 9.02. The molecule has 1 aromatic carbocycles. The topological polar surface area (TPSA) is 93.8 Å². The van der Waals surface area contributed by atoms with Crippen molar-refractivity contribution in [1.82, 2.24) is 15.2 Å². The van der Waals surface area contributed by atoms with Crippen molar-refractivity contribution in [3.05, 3.63) is 40.9 Å². The number of rotatable bonds is 7. The maximum Gasteiger partial charge on any atom is 0.248 e. The molecule has 0 spiro atoms. The number of thiazole rings is 1. The molecular weight excluding hydrogens is 410 g/mol. The van der Waals surface area contributed by atoms with Crippen molar-refractivity contribution in [1.29, 1.82) is 0 Å². The first-order chi connectivity index (χ1) is 13.7. The van der Waals surface area contributed by atoms with E-state index in [0.717, 1.165) is 31.5 Å². The van der Waals surface area contributed by atoms with E-state index in [1.54, 1.807) is 46.6 Å². The number of hydrogen-bond donors (Lipinski definition) is 2. The van der Waals surface area contributed by atoms with Crippen molar-refractivity contribution < 1.29 is 4.79 Å². The Bertz CT molecular complexity index is 931. The van der Waals surface area contributed by atoms with Crippen LogP contribution in [-0.4, -0.2) is 27.1 Å². The fourth-order valence-corrected chi connectivity index (χ4v) is 5.82. The molecule has 0 atom stereocenters. The second-order valence-electron chi connectivity index (χ2n) is 6.73. The van der Waals surface area contributed by atoms with E-state index in [1.165, 1.54) is 32.1 Å². The number of carbonyl (C=O) groups is 1. The van der Waals surface area contributed by atoms with Crippen LogP contribution in [0.25, 0.3) is 10.6 Å². The second-order valence-corrected chi connectivity index (χ2v) is 9.78. The zero-order valence-corrected chi connectivity index (χ0v) is 17.7. The van der Waals surface area contributed by atoms with E-state index in [2.05, 4.69) is 20.9 Å². The third kappa shape index (κ3) is 4.89. The van der Waals surface area contributed by atoms with E-state index < -0.39 is 5.91 Å². The zero-order valence-electron chi connectivity index (χ0n) is 15.3. The van der Waals surface area contributed by atoms with Gasteiger partial charge in [0.05, 0.1) is 5.69 Å². The molecular formula is C19H21N5OS3. The number of nitrogens with two attached hydrogens (primary N) is 1. The molecule has 2 aromatic heterocycles. The molecule has 0 aliphatic heterocycles. The predicted octanol–water partition coefficient (Wildman–Crippen LogP) is 4.80. The van der Waals surface area contributed by atoms with Gasteiger partial charge in [-0.2, -0.15) is 0 Å². The number of benzene rings is 1. The number of anilines is 1. The molecule has 1 saturated carbocycles. The monoisotopic (exact) mass is 431 g/mol. The molecule has 1 aliphatic rings. The minimum absolute atomic E-state index is 0.419. The van der Waals surface area contributed by atoms with Gasteiger partial charge in [0.15, 0.2) is 4.34 Å². The number of thioether (sulfide) groups is 1. The van der Waals surface area contributed by atoms with Crippen LogP contribution >= 0.6 is 34.4 Å². The van der Waals surface area contributed by atoms with Crippen LogP contribution in [0.5, 0.6) is 0 Å². The van der Waals surface area contributed by atoms with E-state index in [9.17, 15) is 4.79 Å². The largest absolute Gasteiger partial charge is 0.366 e. The molecule has 9 heteroatoms. The van der Waals surface area contributed by atoms with Crippen LogP contribution in [0.1, 0.15) is 48.2 Å². The van der Waals surface area contributed by atoms with E-state index in [1.807, 2.05) is 12.1 Å². The average molecular weight is 432 g/mol. The van der Waals surface area contributed by atoms with Gasteiger partial charge >= 0.3 is 0 Å². The molecule has 6 nitrogen and oxygen atoms in total. The summed E-state index contributed by atoms with van der Waals surface area (Å²) in [6, 6.07) is 7.76. The predicted molar refractivity (Wildman–Crippen MR) is 116 cm³/mol. The molecule has 146 valence electrons. The molecule has 0 bridgehead atoms. The lowest BCUT2D eigenvalue weighted by molar-refractivity contribution is 0.100. The lowest BCUT2D eigenvalue weighted by Crippen LogP contribution is -2.21. The summed E-state index contributed by atoms with van der Waals surface area (Å²) < 4.78 is 0.957. The van der Waals surface area contributed by atoms with Gasteiger partial charge in [-0.25, -0.2) is 4.98 Å².